The van der Waals surface area contributed by atoms with E-state index in [1.54, 1.807) is 30.3 Å². The zero-order chi connectivity index (χ0) is 22.6. The van der Waals surface area contributed by atoms with Gasteiger partial charge in [-0.25, -0.2) is 17.5 Å². The van der Waals surface area contributed by atoms with Gasteiger partial charge in [-0.15, -0.1) is 0 Å². The average Bonchev–Trinajstić information content (AvgIpc) is 2.72. The second kappa shape index (κ2) is 9.49. The number of nitrogens with zero attached hydrogens (tertiary/aromatic N) is 3. The lowest BCUT2D eigenvalue weighted by Gasteiger charge is -2.35. The van der Waals surface area contributed by atoms with Crippen LogP contribution < -0.4 is 5.32 Å². The van der Waals surface area contributed by atoms with Crippen LogP contribution in [0.25, 0.3) is 0 Å². The van der Waals surface area contributed by atoms with E-state index in [0.717, 1.165) is 11.1 Å². The van der Waals surface area contributed by atoms with Crippen LogP contribution in [0, 0.1) is 13.8 Å². The minimum Gasteiger partial charge on any atom is -0.325 e. The SMILES string of the molecule is Cc1ccc(S(=O)(=O)N(CC(=O)Nc2cccc(C)c2)C(=O)N2CCN(C)CC2)cc1. The first-order chi connectivity index (χ1) is 14.7. The normalized spacial score (nSPS) is 14.9. The number of anilines is 1. The molecule has 2 aromatic rings. The van der Waals surface area contributed by atoms with Crippen molar-refractivity contribution in [1.82, 2.24) is 14.1 Å². The molecular formula is C22H28N4O4S. The maximum atomic E-state index is 13.3. The van der Waals surface area contributed by atoms with Gasteiger partial charge in [0.1, 0.15) is 6.54 Å². The summed E-state index contributed by atoms with van der Waals surface area (Å²) in [5.41, 5.74) is 2.40. The summed E-state index contributed by atoms with van der Waals surface area (Å²) >= 11 is 0. The third kappa shape index (κ3) is 5.62. The Balaban J connectivity index is 1.87. The quantitative estimate of drug-likeness (QED) is 0.764. The summed E-state index contributed by atoms with van der Waals surface area (Å²) < 4.78 is 27.3. The van der Waals surface area contributed by atoms with Crippen LogP contribution in [0.15, 0.2) is 53.4 Å². The van der Waals surface area contributed by atoms with Gasteiger partial charge in [0.15, 0.2) is 0 Å². The van der Waals surface area contributed by atoms with E-state index >= 15 is 0 Å². The molecule has 0 atom stereocenters. The lowest BCUT2D eigenvalue weighted by molar-refractivity contribution is -0.116. The predicted molar refractivity (Wildman–Crippen MR) is 119 cm³/mol. The molecule has 166 valence electrons. The first-order valence-electron chi connectivity index (χ1n) is 10.1. The Labute approximate surface area is 183 Å². The molecule has 2 aromatic carbocycles. The molecule has 1 saturated heterocycles. The number of carbonyl (C=O) groups excluding carboxylic acids is 2. The van der Waals surface area contributed by atoms with Gasteiger partial charge in [-0.3, -0.25) is 4.79 Å². The number of rotatable bonds is 5. The largest absolute Gasteiger partial charge is 0.334 e. The fourth-order valence-electron chi connectivity index (χ4n) is 3.30. The van der Waals surface area contributed by atoms with Crippen LogP contribution >= 0.6 is 0 Å². The predicted octanol–water partition coefficient (Wildman–Crippen LogP) is 2.30. The Bertz CT molecular complexity index is 1050. The summed E-state index contributed by atoms with van der Waals surface area (Å²) in [6.07, 6.45) is 0. The molecule has 0 spiro atoms. The van der Waals surface area contributed by atoms with E-state index in [-0.39, 0.29) is 4.90 Å². The van der Waals surface area contributed by atoms with Crippen molar-refractivity contribution in [2.24, 2.45) is 0 Å². The van der Waals surface area contributed by atoms with Crippen LogP contribution in [-0.2, 0) is 14.8 Å². The minimum absolute atomic E-state index is 0.0241. The number of urea groups is 1. The fraction of sp³-hybridized carbons (Fsp3) is 0.364. The topological polar surface area (TPSA) is 90.0 Å². The molecule has 0 aromatic heterocycles. The van der Waals surface area contributed by atoms with E-state index < -0.39 is 28.5 Å². The lowest BCUT2D eigenvalue weighted by Crippen LogP contribution is -2.54. The molecule has 8 nitrogen and oxygen atoms in total. The zero-order valence-corrected chi connectivity index (χ0v) is 18.9. The molecule has 0 bridgehead atoms. The third-order valence-corrected chi connectivity index (χ3v) is 6.92. The van der Waals surface area contributed by atoms with Gasteiger partial charge < -0.3 is 15.1 Å². The molecule has 0 radical (unpaired) electrons. The van der Waals surface area contributed by atoms with Crippen molar-refractivity contribution >= 4 is 27.6 Å². The van der Waals surface area contributed by atoms with E-state index in [1.165, 1.54) is 17.0 Å². The molecule has 1 fully saturated rings. The number of hydrogen-bond acceptors (Lipinski definition) is 5. The highest BCUT2D eigenvalue weighted by Crippen LogP contribution is 2.19. The zero-order valence-electron chi connectivity index (χ0n) is 18.0. The summed E-state index contributed by atoms with van der Waals surface area (Å²) in [6, 6.07) is 12.7. The molecule has 31 heavy (non-hydrogen) atoms. The van der Waals surface area contributed by atoms with E-state index in [4.69, 9.17) is 0 Å². The minimum atomic E-state index is -4.21. The molecular weight excluding hydrogens is 416 g/mol. The molecule has 1 heterocycles. The maximum Gasteiger partial charge on any atom is 0.334 e. The number of piperazine rings is 1. The first kappa shape index (κ1) is 22.8. The van der Waals surface area contributed by atoms with Crippen molar-refractivity contribution < 1.29 is 18.0 Å². The van der Waals surface area contributed by atoms with Gasteiger partial charge >= 0.3 is 6.03 Å². The average molecular weight is 445 g/mol. The van der Waals surface area contributed by atoms with Crippen LogP contribution in [0.4, 0.5) is 10.5 Å². The Morgan fingerprint density at radius 2 is 1.61 bits per heavy atom. The smallest absolute Gasteiger partial charge is 0.325 e. The number of carbonyl (C=O) groups is 2. The van der Waals surface area contributed by atoms with Crippen molar-refractivity contribution in [3.05, 3.63) is 59.7 Å². The number of nitrogens with one attached hydrogen (secondary N) is 1. The standard InChI is InChI=1S/C22H28N4O4S/c1-17-7-9-20(10-8-17)31(29,30)26(22(28)25-13-11-24(3)12-14-25)16-21(27)23-19-6-4-5-18(2)15-19/h4-10,15H,11-14,16H2,1-3H3,(H,23,27). The van der Waals surface area contributed by atoms with Crippen molar-refractivity contribution in [3.8, 4) is 0 Å². The first-order valence-corrected chi connectivity index (χ1v) is 11.5. The molecule has 1 aliphatic rings. The van der Waals surface area contributed by atoms with Gasteiger partial charge in [0, 0.05) is 31.9 Å². The highest BCUT2D eigenvalue weighted by molar-refractivity contribution is 7.89. The molecule has 3 amide bonds. The monoisotopic (exact) mass is 444 g/mol. The molecule has 0 unspecified atom stereocenters. The van der Waals surface area contributed by atoms with Gasteiger partial charge in [0.05, 0.1) is 4.90 Å². The molecule has 1 aliphatic heterocycles. The lowest BCUT2D eigenvalue weighted by atomic mass is 10.2. The second-order valence-electron chi connectivity index (χ2n) is 7.82. The molecule has 3 rings (SSSR count). The third-order valence-electron chi connectivity index (χ3n) is 5.19. The second-order valence-corrected chi connectivity index (χ2v) is 9.68. The summed E-state index contributed by atoms with van der Waals surface area (Å²) in [5, 5.41) is 2.69. The van der Waals surface area contributed by atoms with E-state index in [9.17, 15) is 18.0 Å². The van der Waals surface area contributed by atoms with Crippen molar-refractivity contribution in [2.75, 3.05) is 45.1 Å². The van der Waals surface area contributed by atoms with Crippen molar-refractivity contribution in [2.45, 2.75) is 18.7 Å². The Kier molecular flexibility index (Phi) is 6.97. The summed E-state index contributed by atoms with van der Waals surface area (Å²) in [4.78, 5) is 29.4. The van der Waals surface area contributed by atoms with Crippen molar-refractivity contribution in [3.63, 3.8) is 0 Å². The molecule has 9 heteroatoms. The Morgan fingerprint density at radius 3 is 2.23 bits per heavy atom. The van der Waals surface area contributed by atoms with Gasteiger partial charge in [-0.05, 0) is 50.7 Å². The molecule has 1 N–H and O–H groups in total. The van der Waals surface area contributed by atoms with Gasteiger partial charge in [-0.2, -0.15) is 0 Å². The van der Waals surface area contributed by atoms with Crippen molar-refractivity contribution in [1.29, 1.82) is 0 Å². The number of benzene rings is 2. The summed E-state index contributed by atoms with van der Waals surface area (Å²) in [7, 11) is -2.27. The Morgan fingerprint density at radius 1 is 0.968 bits per heavy atom. The number of hydrogen-bond donors (Lipinski definition) is 1. The highest BCUT2D eigenvalue weighted by Gasteiger charge is 2.35. The van der Waals surface area contributed by atoms with Crippen LogP contribution in [0.2, 0.25) is 0 Å². The Hall–Kier alpha value is -2.91. The number of sulfonamides is 1. The van der Waals surface area contributed by atoms with Crippen LogP contribution in [-0.4, -0.2) is 74.2 Å². The van der Waals surface area contributed by atoms with E-state index in [0.29, 0.717) is 36.2 Å². The number of likely N-dealkylation sites (N-methyl/N-ethyl adjacent to an activating group) is 1. The van der Waals surface area contributed by atoms with E-state index in [2.05, 4.69) is 10.2 Å². The molecule has 0 saturated carbocycles. The van der Waals surface area contributed by atoms with Crippen LogP contribution in [0.1, 0.15) is 11.1 Å². The van der Waals surface area contributed by atoms with Crippen LogP contribution in [0.3, 0.4) is 0 Å². The number of aryl methyl sites for hydroxylation is 2. The maximum absolute atomic E-state index is 13.3. The van der Waals surface area contributed by atoms with Gasteiger partial charge in [-0.1, -0.05) is 29.8 Å². The highest BCUT2D eigenvalue weighted by atomic mass is 32.2. The van der Waals surface area contributed by atoms with Crippen LogP contribution in [0.5, 0.6) is 0 Å². The fourth-order valence-corrected chi connectivity index (χ4v) is 4.64. The summed E-state index contributed by atoms with van der Waals surface area (Å²) in [5.74, 6) is -0.580. The molecule has 0 aliphatic carbocycles. The van der Waals surface area contributed by atoms with Gasteiger partial charge in [0.2, 0.25) is 5.91 Å². The van der Waals surface area contributed by atoms with Gasteiger partial charge in [0.25, 0.3) is 10.0 Å². The van der Waals surface area contributed by atoms with E-state index in [1.807, 2.05) is 27.0 Å². The number of amides is 3. The summed E-state index contributed by atoms with van der Waals surface area (Å²) in [6.45, 7) is 5.21.